The minimum Gasteiger partial charge on any atom is -0.299 e. The Morgan fingerprint density at radius 3 is 2.68 bits per heavy atom. The van der Waals surface area contributed by atoms with Gasteiger partial charge >= 0.3 is 0 Å². The van der Waals surface area contributed by atoms with E-state index in [1.807, 2.05) is 6.07 Å². The second-order valence-electron chi connectivity index (χ2n) is 7.07. The summed E-state index contributed by atoms with van der Waals surface area (Å²) in [5, 5.41) is 11.4. The van der Waals surface area contributed by atoms with E-state index in [2.05, 4.69) is 49.2 Å². The van der Waals surface area contributed by atoms with Gasteiger partial charge in [0, 0.05) is 25.4 Å². The Morgan fingerprint density at radius 2 is 1.88 bits per heavy atom. The van der Waals surface area contributed by atoms with Crippen LogP contribution in [0.25, 0.3) is 0 Å². The smallest absolute Gasteiger partial charge is 0.231 e. The number of anilines is 1. The zero-order chi connectivity index (χ0) is 17.1. The molecule has 0 radical (unpaired) electrons. The summed E-state index contributed by atoms with van der Waals surface area (Å²) >= 11 is 0. The molecule has 2 aromatic rings. The molecule has 2 aliphatic rings. The van der Waals surface area contributed by atoms with Crippen LogP contribution in [0.3, 0.4) is 0 Å². The van der Waals surface area contributed by atoms with Gasteiger partial charge in [-0.3, -0.25) is 19.6 Å². The number of nitrogens with zero attached hydrogens (tertiary/aromatic N) is 4. The van der Waals surface area contributed by atoms with Crippen LogP contribution in [0, 0.1) is 5.92 Å². The van der Waals surface area contributed by atoms with Gasteiger partial charge in [-0.25, -0.2) is 0 Å². The van der Waals surface area contributed by atoms with Crippen molar-refractivity contribution < 1.29 is 4.79 Å². The second-order valence-corrected chi connectivity index (χ2v) is 7.07. The first kappa shape index (κ1) is 16.3. The van der Waals surface area contributed by atoms with E-state index in [1.165, 1.54) is 5.56 Å². The molecule has 1 saturated heterocycles. The van der Waals surface area contributed by atoms with Crippen LogP contribution >= 0.6 is 0 Å². The van der Waals surface area contributed by atoms with Crippen molar-refractivity contribution in [3.05, 3.63) is 41.7 Å². The number of aryl methyl sites for hydroxylation is 1. The van der Waals surface area contributed by atoms with Crippen LogP contribution in [0.2, 0.25) is 0 Å². The van der Waals surface area contributed by atoms with Crippen molar-refractivity contribution in [2.75, 3.05) is 18.4 Å². The highest BCUT2D eigenvalue weighted by Gasteiger charge is 2.26. The fraction of sp³-hybridized carbons (Fsp3) is 0.526. The zero-order valence-electron chi connectivity index (χ0n) is 14.5. The number of carbonyl (C=O) groups is 1. The quantitative estimate of drug-likeness (QED) is 0.929. The number of piperidine rings is 1. The minimum atomic E-state index is 0.0727. The summed E-state index contributed by atoms with van der Waals surface area (Å²) in [4.78, 5) is 15.0. The summed E-state index contributed by atoms with van der Waals surface area (Å²) in [7, 11) is 0. The highest BCUT2D eigenvalue weighted by Crippen LogP contribution is 2.22. The third kappa shape index (κ3) is 3.74. The molecule has 0 unspecified atom stereocenters. The van der Waals surface area contributed by atoms with E-state index in [-0.39, 0.29) is 11.8 Å². The molecule has 4 rings (SSSR count). The number of fused-ring (bicyclic) bond motifs is 1. The summed E-state index contributed by atoms with van der Waals surface area (Å²) < 4.78 is 2.06. The van der Waals surface area contributed by atoms with Gasteiger partial charge in [0.2, 0.25) is 11.9 Å². The lowest BCUT2D eigenvalue weighted by Gasteiger charge is -2.31. The molecule has 0 atom stereocenters. The number of amides is 1. The van der Waals surface area contributed by atoms with Gasteiger partial charge in [0.05, 0.1) is 0 Å². The molecule has 0 bridgehead atoms. The van der Waals surface area contributed by atoms with Crippen LogP contribution in [0.4, 0.5) is 5.95 Å². The van der Waals surface area contributed by atoms with Gasteiger partial charge in [0.15, 0.2) is 0 Å². The maximum atomic E-state index is 12.6. The highest BCUT2D eigenvalue weighted by atomic mass is 16.2. The number of benzene rings is 1. The molecule has 1 aromatic carbocycles. The maximum absolute atomic E-state index is 12.6. The van der Waals surface area contributed by atoms with Crippen molar-refractivity contribution in [1.29, 1.82) is 0 Å². The predicted octanol–water partition coefficient (Wildman–Crippen LogP) is 2.47. The van der Waals surface area contributed by atoms with Crippen LogP contribution in [0.1, 0.15) is 37.1 Å². The standard InChI is InChI=1S/C19H25N5O/c25-18(20-19-22-21-17-8-4-5-11-24(17)19)16-9-12-23(13-10-16)14-15-6-2-1-3-7-15/h1-3,6-7,16H,4-5,8-14H2,(H,20,22,25). The first-order valence-electron chi connectivity index (χ1n) is 9.29. The Bertz CT molecular complexity index is 719. The Hall–Kier alpha value is -2.21. The number of hydrogen-bond donors (Lipinski definition) is 1. The summed E-state index contributed by atoms with van der Waals surface area (Å²) in [6.45, 7) is 3.80. The fourth-order valence-corrected chi connectivity index (χ4v) is 3.81. The van der Waals surface area contributed by atoms with Crippen LogP contribution in [0.5, 0.6) is 0 Å². The average Bonchev–Trinajstić information content (AvgIpc) is 3.06. The zero-order valence-corrected chi connectivity index (χ0v) is 14.5. The molecule has 6 heteroatoms. The molecule has 132 valence electrons. The van der Waals surface area contributed by atoms with Crippen molar-refractivity contribution >= 4 is 11.9 Å². The molecule has 0 spiro atoms. The average molecular weight is 339 g/mol. The van der Waals surface area contributed by atoms with Crippen LogP contribution in [-0.4, -0.2) is 38.7 Å². The number of aromatic nitrogens is 3. The summed E-state index contributed by atoms with van der Waals surface area (Å²) in [6.07, 6.45) is 5.05. The predicted molar refractivity (Wildman–Crippen MR) is 96.0 cm³/mol. The van der Waals surface area contributed by atoms with Gasteiger partial charge in [0.1, 0.15) is 5.82 Å². The molecule has 3 heterocycles. The molecular formula is C19H25N5O. The minimum absolute atomic E-state index is 0.0727. The highest BCUT2D eigenvalue weighted by molar-refractivity contribution is 5.91. The number of rotatable bonds is 4. The maximum Gasteiger partial charge on any atom is 0.231 e. The van der Waals surface area contributed by atoms with E-state index < -0.39 is 0 Å². The Kier molecular flexibility index (Phi) is 4.78. The molecular weight excluding hydrogens is 314 g/mol. The SMILES string of the molecule is O=C(Nc1nnc2n1CCCC2)C1CCN(Cc2ccccc2)CC1. The molecule has 1 fully saturated rings. The van der Waals surface area contributed by atoms with Gasteiger partial charge < -0.3 is 0 Å². The molecule has 1 N–H and O–H groups in total. The van der Waals surface area contributed by atoms with Gasteiger partial charge in [-0.05, 0) is 44.3 Å². The topological polar surface area (TPSA) is 63.1 Å². The van der Waals surface area contributed by atoms with Crippen LogP contribution in [-0.2, 0) is 24.3 Å². The fourth-order valence-electron chi connectivity index (χ4n) is 3.81. The van der Waals surface area contributed by atoms with Crippen LogP contribution < -0.4 is 5.32 Å². The largest absolute Gasteiger partial charge is 0.299 e. The molecule has 1 aromatic heterocycles. The van der Waals surface area contributed by atoms with Crippen molar-refractivity contribution in [1.82, 2.24) is 19.7 Å². The van der Waals surface area contributed by atoms with E-state index in [4.69, 9.17) is 0 Å². The first-order valence-corrected chi connectivity index (χ1v) is 9.29. The monoisotopic (exact) mass is 339 g/mol. The molecule has 2 aliphatic heterocycles. The van der Waals surface area contributed by atoms with E-state index in [0.29, 0.717) is 5.95 Å². The summed E-state index contributed by atoms with van der Waals surface area (Å²) in [5.74, 6) is 1.80. The normalized spacial score (nSPS) is 18.7. The lowest BCUT2D eigenvalue weighted by molar-refractivity contribution is -0.121. The molecule has 0 saturated carbocycles. The first-order chi connectivity index (χ1) is 12.3. The third-order valence-corrected chi connectivity index (χ3v) is 5.30. The Morgan fingerprint density at radius 1 is 1.08 bits per heavy atom. The number of hydrogen-bond acceptors (Lipinski definition) is 4. The number of likely N-dealkylation sites (tertiary alicyclic amines) is 1. The molecule has 6 nitrogen and oxygen atoms in total. The summed E-state index contributed by atoms with van der Waals surface area (Å²) in [6, 6.07) is 10.5. The second kappa shape index (κ2) is 7.35. The summed E-state index contributed by atoms with van der Waals surface area (Å²) in [5.41, 5.74) is 1.33. The van der Waals surface area contributed by atoms with Crippen molar-refractivity contribution in [3.8, 4) is 0 Å². The van der Waals surface area contributed by atoms with Gasteiger partial charge in [-0.2, -0.15) is 0 Å². The van der Waals surface area contributed by atoms with Gasteiger partial charge in [-0.1, -0.05) is 30.3 Å². The van der Waals surface area contributed by atoms with Crippen molar-refractivity contribution in [3.63, 3.8) is 0 Å². The lowest BCUT2D eigenvalue weighted by Crippen LogP contribution is -2.38. The third-order valence-electron chi connectivity index (χ3n) is 5.30. The van der Waals surface area contributed by atoms with E-state index in [9.17, 15) is 4.79 Å². The molecule has 1 amide bonds. The van der Waals surface area contributed by atoms with Crippen molar-refractivity contribution in [2.24, 2.45) is 5.92 Å². The van der Waals surface area contributed by atoms with Gasteiger partial charge in [-0.15, -0.1) is 10.2 Å². The molecule has 0 aliphatic carbocycles. The Labute approximate surface area is 148 Å². The lowest BCUT2D eigenvalue weighted by atomic mass is 9.95. The van der Waals surface area contributed by atoms with Crippen molar-refractivity contribution in [2.45, 2.75) is 45.2 Å². The van der Waals surface area contributed by atoms with E-state index in [1.54, 1.807) is 0 Å². The molecule has 25 heavy (non-hydrogen) atoms. The Balaban J connectivity index is 1.30. The van der Waals surface area contributed by atoms with Gasteiger partial charge in [0.25, 0.3) is 0 Å². The van der Waals surface area contributed by atoms with Crippen LogP contribution in [0.15, 0.2) is 30.3 Å². The number of nitrogens with one attached hydrogen (secondary N) is 1. The van der Waals surface area contributed by atoms with E-state index in [0.717, 1.165) is 64.1 Å². The van der Waals surface area contributed by atoms with E-state index >= 15 is 0 Å². The number of carbonyl (C=O) groups excluding carboxylic acids is 1.